The normalized spacial score (nSPS) is 12.3. The molecule has 7 nitrogen and oxygen atoms in total. The molecule has 0 spiro atoms. The van der Waals surface area contributed by atoms with Crippen LogP contribution in [0.2, 0.25) is 0 Å². The molecular weight excluding hydrogens is 320 g/mol. The molecule has 1 aromatic carbocycles. The van der Waals surface area contributed by atoms with Gasteiger partial charge in [0.15, 0.2) is 0 Å². The smallest absolute Gasteiger partial charge is 0.412 e. The molecule has 0 fully saturated rings. The standard InChI is InChI=1S/C18H22N4O3/c1-12(24-5)16-15(21-17(23)25-18(2,3)4)11-20-22(16)14-8-6-7-13(9-14)10-19/h6-9,11-12H,1-5H3,(H,21,23)/t12-/m0/s1. The van der Waals surface area contributed by atoms with E-state index in [-0.39, 0.29) is 6.10 Å². The van der Waals surface area contributed by atoms with Crippen molar-refractivity contribution in [1.29, 1.82) is 5.26 Å². The van der Waals surface area contributed by atoms with Gasteiger partial charge >= 0.3 is 6.09 Å². The lowest BCUT2D eigenvalue weighted by Gasteiger charge is -2.20. The summed E-state index contributed by atoms with van der Waals surface area (Å²) >= 11 is 0. The van der Waals surface area contributed by atoms with Crippen molar-refractivity contribution in [2.75, 3.05) is 12.4 Å². The number of nitrogens with zero attached hydrogens (tertiary/aromatic N) is 3. The molecule has 0 aliphatic carbocycles. The Morgan fingerprint density at radius 1 is 1.40 bits per heavy atom. The van der Waals surface area contributed by atoms with E-state index in [0.717, 1.165) is 0 Å². The van der Waals surface area contributed by atoms with E-state index < -0.39 is 11.7 Å². The minimum Gasteiger partial charge on any atom is -0.444 e. The Morgan fingerprint density at radius 3 is 2.72 bits per heavy atom. The van der Waals surface area contributed by atoms with Crippen molar-refractivity contribution < 1.29 is 14.3 Å². The van der Waals surface area contributed by atoms with Crippen molar-refractivity contribution in [2.24, 2.45) is 0 Å². The molecule has 0 saturated heterocycles. The predicted octanol–water partition coefficient (Wildman–Crippen LogP) is 3.80. The third-order valence-corrected chi connectivity index (χ3v) is 3.40. The van der Waals surface area contributed by atoms with Gasteiger partial charge in [0.25, 0.3) is 0 Å². The lowest BCUT2D eigenvalue weighted by atomic mass is 10.2. The summed E-state index contributed by atoms with van der Waals surface area (Å²) in [6.07, 6.45) is 0.633. The second-order valence-electron chi connectivity index (χ2n) is 6.52. The molecular formula is C18H22N4O3. The number of rotatable bonds is 4. The average molecular weight is 342 g/mol. The number of aromatic nitrogens is 2. The fraction of sp³-hybridized carbons (Fsp3) is 0.389. The number of nitrogens with one attached hydrogen (secondary N) is 1. The Labute approximate surface area is 147 Å². The van der Waals surface area contributed by atoms with Crippen LogP contribution in [0.25, 0.3) is 5.69 Å². The first-order valence-electron chi connectivity index (χ1n) is 7.86. The number of amides is 1. The van der Waals surface area contributed by atoms with Crippen molar-refractivity contribution in [3.8, 4) is 11.8 Å². The van der Waals surface area contributed by atoms with Crippen LogP contribution < -0.4 is 5.32 Å². The van der Waals surface area contributed by atoms with Crippen LogP contribution >= 0.6 is 0 Å². The van der Waals surface area contributed by atoms with Crippen LogP contribution in [0.1, 0.15) is 45.1 Å². The van der Waals surface area contributed by atoms with Crippen LogP contribution in [0.4, 0.5) is 10.5 Å². The highest BCUT2D eigenvalue weighted by atomic mass is 16.6. The molecule has 7 heteroatoms. The fourth-order valence-electron chi connectivity index (χ4n) is 2.28. The van der Waals surface area contributed by atoms with Crippen molar-refractivity contribution >= 4 is 11.8 Å². The van der Waals surface area contributed by atoms with Crippen molar-refractivity contribution in [3.05, 3.63) is 41.7 Å². The first kappa shape index (κ1) is 18.5. The van der Waals surface area contributed by atoms with Gasteiger partial charge in [0.05, 0.1) is 41.0 Å². The highest BCUT2D eigenvalue weighted by Gasteiger charge is 2.22. The summed E-state index contributed by atoms with van der Waals surface area (Å²) in [6.45, 7) is 7.23. The summed E-state index contributed by atoms with van der Waals surface area (Å²) in [4.78, 5) is 12.1. The van der Waals surface area contributed by atoms with E-state index in [0.29, 0.717) is 22.6 Å². The molecule has 1 aromatic heterocycles. The Kier molecular flexibility index (Phi) is 5.45. The fourth-order valence-corrected chi connectivity index (χ4v) is 2.28. The molecule has 25 heavy (non-hydrogen) atoms. The summed E-state index contributed by atoms with van der Waals surface area (Å²) in [7, 11) is 1.57. The number of methoxy groups -OCH3 is 1. The second kappa shape index (κ2) is 7.36. The first-order chi connectivity index (χ1) is 11.7. The maximum atomic E-state index is 12.1. The molecule has 2 aromatic rings. The molecule has 1 amide bonds. The topological polar surface area (TPSA) is 89.2 Å². The molecule has 0 bridgehead atoms. The van der Waals surface area contributed by atoms with Gasteiger partial charge in [-0.2, -0.15) is 10.4 Å². The number of nitriles is 1. The molecule has 1 N–H and O–H groups in total. The predicted molar refractivity (Wildman–Crippen MR) is 93.6 cm³/mol. The van der Waals surface area contributed by atoms with Crippen molar-refractivity contribution in [1.82, 2.24) is 9.78 Å². The van der Waals surface area contributed by atoms with E-state index in [4.69, 9.17) is 14.7 Å². The van der Waals surface area contributed by atoms with E-state index in [2.05, 4.69) is 16.5 Å². The molecule has 0 aliphatic rings. The van der Waals surface area contributed by atoms with E-state index in [9.17, 15) is 4.79 Å². The van der Waals surface area contributed by atoms with Crippen LogP contribution in [0.5, 0.6) is 0 Å². The van der Waals surface area contributed by atoms with E-state index in [1.54, 1.807) is 50.8 Å². The number of carbonyl (C=O) groups excluding carboxylic acids is 1. The van der Waals surface area contributed by atoms with Gasteiger partial charge in [-0.05, 0) is 45.9 Å². The highest BCUT2D eigenvalue weighted by molar-refractivity contribution is 5.85. The van der Waals surface area contributed by atoms with Crippen LogP contribution in [0.15, 0.2) is 30.5 Å². The van der Waals surface area contributed by atoms with Crippen LogP contribution in [-0.4, -0.2) is 28.6 Å². The summed E-state index contributed by atoms with van der Waals surface area (Å²) in [5.41, 5.74) is 1.77. The molecule has 1 atom stereocenters. The zero-order valence-corrected chi connectivity index (χ0v) is 15.0. The van der Waals surface area contributed by atoms with Crippen LogP contribution in [-0.2, 0) is 9.47 Å². The SMILES string of the molecule is CO[C@@H](C)c1c(NC(=O)OC(C)(C)C)cnn1-c1cccc(C#N)c1. The maximum Gasteiger partial charge on any atom is 0.412 e. The van der Waals surface area contributed by atoms with Gasteiger partial charge in [-0.3, -0.25) is 5.32 Å². The van der Waals surface area contributed by atoms with Gasteiger partial charge in [0.1, 0.15) is 5.60 Å². The van der Waals surface area contributed by atoms with Gasteiger partial charge in [-0.1, -0.05) is 6.07 Å². The Bertz CT molecular complexity index is 799. The third kappa shape index (κ3) is 4.58. The summed E-state index contributed by atoms with van der Waals surface area (Å²) in [5.74, 6) is 0. The Balaban J connectivity index is 2.41. The average Bonchev–Trinajstić information content (AvgIpc) is 2.95. The molecule has 0 saturated carbocycles. The molecule has 1 heterocycles. The monoisotopic (exact) mass is 342 g/mol. The van der Waals surface area contributed by atoms with E-state index in [1.165, 1.54) is 6.20 Å². The quantitative estimate of drug-likeness (QED) is 0.913. The minimum absolute atomic E-state index is 0.335. The van der Waals surface area contributed by atoms with Gasteiger partial charge in [0.2, 0.25) is 0 Å². The highest BCUT2D eigenvalue weighted by Crippen LogP contribution is 2.28. The summed E-state index contributed by atoms with van der Waals surface area (Å²) < 4.78 is 12.3. The molecule has 0 unspecified atom stereocenters. The van der Waals surface area contributed by atoms with Crippen LogP contribution in [0, 0.1) is 11.3 Å². The van der Waals surface area contributed by atoms with Crippen molar-refractivity contribution in [3.63, 3.8) is 0 Å². The summed E-state index contributed by atoms with van der Waals surface area (Å²) in [6, 6.07) is 9.14. The number of hydrogen-bond donors (Lipinski definition) is 1. The van der Waals surface area contributed by atoms with Gasteiger partial charge < -0.3 is 9.47 Å². The zero-order chi connectivity index (χ0) is 18.6. The lowest BCUT2D eigenvalue weighted by molar-refractivity contribution is 0.0635. The van der Waals surface area contributed by atoms with Gasteiger partial charge in [-0.25, -0.2) is 9.48 Å². The number of carbonyl (C=O) groups is 1. The largest absolute Gasteiger partial charge is 0.444 e. The number of ether oxygens (including phenoxy) is 2. The van der Waals surface area contributed by atoms with Gasteiger partial charge in [0, 0.05) is 7.11 Å². The molecule has 132 valence electrons. The Hall–Kier alpha value is -2.85. The lowest BCUT2D eigenvalue weighted by Crippen LogP contribution is -2.27. The Morgan fingerprint density at radius 2 is 2.12 bits per heavy atom. The number of benzene rings is 1. The third-order valence-electron chi connectivity index (χ3n) is 3.40. The van der Waals surface area contributed by atoms with Gasteiger partial charge in [-0.15, -0.1) is 0 Å². The molecule has 2 rings (SSSR count). The molecule has 0 radical (unpaired) electrons. The van der Waals surface area contributed by atoms with E-state index >= 15 is 0 Å². The zero-order valence-electron chi connectivity index (χ0n) is 15.0. The van der Waals surface area contributed by atoms with Crippen LogP contribution in [0.3, 0.4) is 0 Å². The minimum atomic E-state index is -0.603. The van der Waals surface area contributed by atoms with E-state index in [1.807, 2.05) is 13.0 Å². The molecule has 0 aliphatic heterocycles. The van der Waals surface area contributed by atoms with Crippen molar-refractivity contribution in [2.45, 2.75) is 39.4 Å². The maximum absolute atomic E-state index is 12.1. The number of anilines is 1. The first-order valence-corrected chi connectivity index (χ1v) is 7.86. The number of hydrogen-bond acceptors (Lipinski definition) is 5. The second-order valence-corrected chi connectivity index (χ2v) is 6.52. The summed E-state index contributed by atoms with van der Waals surface area (Å²) in [5, 5.41) is 16.1.